The van der Waals surface area contributed by atoms with E-state index < -0.39 is 0 Å². The minimum atomic E-state index is -0.259. The van der Waals surface area contributed by atoms with Crippen molar-refractivity contribution in [3.63, 3.8) is 0 Å². The molecule has 0 aliphatic carbocycles. The molecular formula is C14H23N3O. The van der Waals surface area contributed by atoms with Gasteiger partial charge in [-0.1, -0.05) is 0 Å². The molecule has 4 nitrogen and oxygen atoms in total. The molecule has 1 aliphatic rings. The first-order chi connectivity index (χ1) is 8.58. The van der Waals surface area contributed by atoms with Crippen LogP contribution in [0.2, 0.25) is 0 Å². The Morgan fingerprint density at radius 3 is 3.00 bits per heavy atom. The first-order valence-electron chi connectivity index (χ1n) is 6.74. The topological polar surface area (TPSA) is 62.4 Å². The van der Waals surface area contributed by atoms with Crippen LogP contribution in [0.1, 0.15) is 38.2 Å². The first kappa shape index (κ1) is 13.1. The number of nitrogen functional groups attached to an aromatic ring is 1. The summed E-state index contributed by atoms with van der Waals surface area (Å²) in [5.74, 6) is 0.993. The molecule has 0 saturated carbocycles. The summed E-state index contributed by atoms with van der Waals surface area (Å²) in [7, 11) is 0. The van der Waals surface area contributed by atoms with Gasteiger partial charge in [0.25, 0.3) is 0 Å². The lowest BCUT2D eigenvalue weighted by Crippen LogP contribution is -2.41. The van der Waals surface area contributed by atoms with Crippen molar-refractivity contribution in [2.45, 2.75) is 51.7 Å². The van der Waals surface area contributed by atoms with Crippen molar-refractivity contribution in [2.24, 2.45) is 0 Å². The number of hydrogen-bond acceptors (Lipinski definition) is 4. The number of aromatic nitrogens is 1. The lowest BCUT2D eigenvalue weighted by atomic mass is 9.97. The van der Waals surface area contributed by atoms with Crippen molar-refractivity contribution in [1.29, 1.82) is 0 Å². The van der Waals surface area contributed by atoms with Crippen molar-refractivity contribution in [2.75, 3.05) is 17.2 Å². The number of aryl methyl sites for hydroxylation is 1. The van der Waals surface area contributed by atoms with E-state index in [0.29, 0.717) is 6.04 Å². The first-order valence-corrected chi connectivity index (χ1v) is 6.74. The summed E-state index contributed by atoms with van der Waals surface area (Å²) in [6.07, 6.45) is 5.86. The Morgan fingerprint density at radius 1 is 1.56 bits per heavy atom. The highest BCUT2D eigenvalue weighted by Gasteiger charge is 2.24. The molecule has 0 aromatic carbocycles. The van der Waals surface area contributed by atoms with Gasteiger partial charge in [-0.05, 0) is 51.2 Å². The summed E-state index contributed by atoms with van der Waals surface area (Å²) in [5.41, 5.74) is 7.62. The molecule has 0 bridgehead atoms. The number of anilines is 2. The number of aliphatic hydroxyl groups excluding tert-OH is 1. The lowest BCUT2D eigenvalue weighted by Gasteiger charge is -2.37. The number of piperidine rings is 1. The van der Waals surface area contributed by atoms with E-state index in [4.69, 9.17) is 5.73 Å². The molecule has 2 atom stereocenters. The Labute approximate surface area is 109 Å². The van der Waals surface area contributed by atoms with Crippen molar-refractivity contribution >= 4 is 11.5 Å². The normalized spacial score (nSPS) is 21.9. The summed E-state index contributed by atoms with van der Waals surface area (Å²) in [6.45, 7) is 4.89. The second-order valence-electron chi connectivity index (χ2n) is 5.33. The molecule has 1 saturated heterocycles. The maximum Gasteiger partial charge on any atom is 0.129 e. The third-order valence-electron chi connectivity index (χ3n) is 3.67. The maximum absolute atomic E-state index is 9.60. The van der Waals surface area contributed by atoms with Gasteiger partial charge in [0.05, 0.1) is 18.0 Å². The zero-order valence-electron chi connectivity index (χ0n) is 11.3. The van der Waals surface area contributed by atoms with Gasteiger partial charge in [-0.2, -0.15) is 0 Å². The van der Waals surface area contributed by atoms with Crippen molar-refractivity contribution in [3.8, 4) is 0 Å². The number of aliphatic hydroxyl groups is 1. The van der Waals surface area contributed by atoms with Gasteiger partial charge in [0.15, 0.2) is 0 Å². The molecule has 1 aromatic heterocycles. The lowest BCUT2D eigenvalue weighted by molar-refractivity contribution is 0.167. The van der Waals surface area contributed by atoms with Gasteiger partial charge in [-0.15, -0.1) is 0 Å². The van der Waals surface area contributed by atoms with E-state index in [9.17, 15) is 5.11 Å². The highest BCUT2D eigenvalue weighted by molar-refractivity contribution is 5.52. The van der Waals surface area contributed by atoms with Crippen LogP contribution in [0.4, 0.5) is 11.5 Å². The molecule has 4 heteroatoms. The fourth-order valence-corrected chi connectivity index (χ4v) is 2.65. The van der Waals surface area contributed by atoms with E-state index in [-0.39, 0.29) is 6.10 Å². The van der Waals surface area contributed by atoms with Crippen LogP contribution >= 0.6 is 0 Å². The number of nitrogens with zero attached hydrogens (tertiary/aromatic N) is 2. The summed E-state index contributed by atoms with van der Waals surface area (Å²) in [4.78, 5) is 6.76. The van der Waals surface area contributed by atoms with Gasteiger partial charge in [0.2, 0.25) is 0 Å². The Morgan fingerprint density at radius 2 is 2.33 bits per heavy atom. The van der Waals surface area contributed by atoms with Crippen LogP contribution in [-0.2, 0) is 0 Å². The third kappa shape index (κ3) is 2.93. The zero-order valence-corrected chi connectivity index (χ0v) is 11.3. The molecule has 1 aliphatic heterocycles. The van der Waals surface area contributed by atoms with Crippen LogP contribution in [0.25, 0.3) is 0 Å². The van der Waals surface area contributed by atoms with Crippen LogP contribution < -0.4 is 10.6 Å². The quantitative estimate of drug-likeness (QED) is 0.861. The minimum Gasteiger partial charge on any atom is -0.397 e. The van der Waals surface area contributed by atoms with Crippen LogP contribution in [0, 0.1) is 6.92 Å². The molecule has 2 heterocycles. The molecule has 2 rings (SSSR count). The average molecular weight is 249 g/mol. The molecule has 0 spiro atoms. The highest BCUT2D eigenvalue weighted by Crippen LogP contribution is 2.27. The fraction of sp³-hybridized carbons (Fsp3) is 0.643. The smallest absolute Gasteiger partial charge is 0.129 e. The Kier molecular flexibility index (Phi) is 4.07. The summed E-state index contributed by atoms with van der Waals surface area (Å²) >= 11 is 0. The Hall–Kier alpha value is -1.29. The summed E-state index contributed by atoms with van der Waals surface area (Å²) < 4.78 is 0. The van der Waals surface area contributed by atoms with Gasteiger partial charge < -0.3 is 15.7 Å². The monoisotopic (exact) mass is 249 g/mol. The fourth-order valence-electron chi connectivity index (χ4n) is 2.65. The minimum absolute atomic E-state index is 0.259. The summed E-state index contributed by atoms with van der Waals surface area (Å²) in [5, 5.41) is 9.60. The van der Waals surface area contributed by atoms with E-state index >= 15 is 0 Å². The van der Waals surface area contributed by atoms with Crippen molar-refractivity contribution < 1.29 is 5.11 Å². The van der Waals surface area contributed by atoms with Gasteiger partial charge in [-0.3, -0.25) is 0 Å². The Bertz CT molecular complexity index is 406. The number of rotatable bonds is 3. The van der Waals surface area contributed by atoms with Gasteiger partial charge >= 0.3 is 0 Å². The number of pyridine rings is 1. The van der Waals surface area contributed by atoms with Crippen LogP contribution in [0.15, 0.2) is 12.3 Å². The average Bonchev–Trinajstić information content (AvgIpc) is 2.33. The third-order valence-corrected chi connectivity index (χ3v) is 3.67. The number of nitrogens with two attached hydrogens (primary N) is 1. The standard InChI is InChI=1S/C14H23N3O/c1-10-7-14(16-9-13(10)15)17-6-4-3-5-12(17)8-11(2)18/h7,9,11-12,18H,3-6,8,15H2,1-2H3. The molecule has 2 unspecified atom stereocenters. The van der Waals surface area contributed by atoms with Crippen LogP contribution in [0.5, 0.6) is 0 Å². The highest BCUT2D eigenvalue weighted by atomic mass is 16.3. The van der Waals surface area contributed by atoms with E-state index in [1.807, 2.05) is 13.8 Å². The molecule has 1 fully saturated rings. The molecule has 0 amide bonds. The molecule has 3 N–H and O–H groups in total. The maximum atomic E-state index is 9.60. The van der Waals surface area contributed by atoms with Crippen molar-refractivity contribution in [1.82, 2.24) is 4.98 Å². The van der Waals surface area contributed by atoms with Gasteiger partial charge in [-0.25, -0.2) is 4.98 Å². The Balaban J connectivity index is 2.19. The summed E-state index contributed by atoms with van der Waals surface area (Å²) in [6, 6.07) is 2.45. The van der Waals surface area contributed by atoms with E-state index in [1.165, 1.54) is 12.8 Å². The number of hydrogen-bond donors (Lipinski definition) is 2. The van der Waals surface area contributed by atoms with Crippen LogP contribution in [-0.4, -0.2) is 28.8 Å². The van der Waals surface area contributed by atoms with Gasteiger partial charge in [0, 0.05) is 12.6 Å². The SMILES string of the molecule is Cc1cc(N2CCCCC2CC(C)O)ncc1N. The second kappa shape index (κ2) is 5.57. The molecule has 0 radical (unpaired) electrons. The van der Waals surface area contributed by atoms with E-state index in [0.717, 1.165) is 36.5 Å². The predicted molar refractivity (Wildman–Crippen MR) is 74.7 cm³/mol. The predicted octanol–water partition coefficient (Wildman–Crippen LogP) is 2.10. The van der Waals surface area contributed by atoms with Crippen LogP contribution in [0.3, 0.4) is 0 Å². The molecular weight excluding hydrogens is 226 g/mol. The zero-order chi connectivity index (χ0) is 13.1. The largest absolute Gasteiger partial charge is 0.397 e. The van der Waals surface area contributed by atoms with Crippen molar-refractivity contribution in [3.05, 3.63) is 17.8 Å². The molecule has 18 heavy (non-hydrogen) atoms. The molecule has 100 valence electrons. The van der Waals surface area contributed by atoms with E-state index in [1.54, 1.807) is 6.20 Å². The van der Waals surface area contributed by atoms with E-state index in [2.05, 4.69) is 16.0 Å². The molecule has 1 aromatic rings. The second-order valence-corrected chi connectivity index (χ2v) is 5.33. The van der Waals surface area contributed by atoms with Gasteiger partial charge in [0.1, 0.15) is 5.82 Å².